The third-order valence-electron chi connectivity index (χ3n) is 4.14. The molecule has 1 aliphatic heterocycles. The minimum Gasteiger partial charge on any atom is -0.494 e. The molecule has 1 aromatic carbocycles. The van der Waals surface area contributed by atoms with Gasteiger partial charge in [0.15, 0.2) is 9.84 Å². The Labute approximate surface area is 154 Å². The number of nitriles is 1. The van der Waals surface area contributed by atoms with Crippen molar-refractivity contribution in [3.05, 3.63) is 35.4 Å². The summed E-state index contributed by atoms with van der Waals surface area (Å²) in [6, 6.07) is 8.60. The maximum Gasteiger partial charge on any atom is 0.262 e. The fraction of sp³-hybridized carbons (Fsp3) is 0.474. The normalized spacial score (nSPS) is 18.9. The SMILES string of the molecule is CCCCCOc1ccc(/C=C(\C#N)C(=O)NC2CCS(=O)(=O)C2)cc1. The van der Waals surface area contributed by atoms with E-state index >= 15 is 0 Å². The van der Waals surface area contributed by atoms with Gasteiger partial charge in [0.2, 0.25) is 0 Å². The van der Waals surface area contributed by atoms with Crippen LogP contribution in [0.25, 0.3) is 6.08 Å². The Morgan fingerprint density at radius 3 is 2.65 bits per heavy atom. The van der Waals surface area contributed by atoms with E-state index < -0.39 is 21.8 Å². The van der Waals surface area contributed by atoms with Crippen molar-refractivity contribution >= 4 is 21.8 Å². The average Bonchev–Trinajstić information content (AvgIpc) is 2.96. The van der Waals surface area contributed by atoms with Crippen molar-refractivity contribution in [1.82, 2.24) is 5.32 Å². The Hall–Kier alpha value is -2.33. The van der Waals surface area contributed by atoms with Crippen LogP contribution < -0.4 is 10.1 Å². The zero-order valence-electron chi connectivity index (χ0n) is 14.9. The number of sulfone groups is 1. The predicted molar refractivity (Wildman–Crippen MR) is 100 cm³/mol. The number of rotatable bonds is 8. The highest BCUT2D eigenvalue weighted by Crippen LogP contribution is 2.16. The maximum absolute atomic E-state index is 12.2. The third-order valence-corrected chi connectivity index (χ3v) is 5.91. The lowest BCUT2D eigenvalue weighted by Gasteiger charge is -2.10. The number of carbonyl (C=O) groups excluding carboxylic acids is 1. The molecule has 1 heterocycles. The highest BCUT2D eigenvalue weighted by Gasteiger charge is 2.29. The van der Waals surface area contributed by atoms with Crippen molar-refractivity contribution in [2.24, 2.45) is 0 Å². The van der Waals surface area contributed by atoms with Gasteiger partial charge in [-0.1, -0.05) is 31.9 Å². The van der Waals surface area contributed by atoms with Crippen LogP contribution in [0.1, 0.15) is 38.2 Å². The van der Waals surface area contributed by atoms with Crippen LogP contribution in [0.5, 0.6) is 5.75 Å². The number of hydrogen-bond acceptors (Lipinski definition) is 5. The standard InChI is InChI=1S/C19H24N2O4S/c1-2-3-4-10-25-18-7-5-15(6-8-18)12-16(13-20)19(22)21-17-9-11-26(23,24)14-17/h5-8,12,17H,2-4,9-11,14H2,1H3,(H,21,22)/b16-12+. The van der Waals surface area contributed by atoms with Crippen molar-refractivity contribution in [3.63, 3.8) is 0 Å². The Morgan fingerprint density at radius 2 is 2.08 bits per heavy atom. The number of nitrogens with one attached hydrogen (secondary N) is 1. The van der Waals surface area contributed by atoms with Gasteiger partial charge in [0.05, 0.1) is 18.1 Å². The Bertz CT molecular complexity index is 792. The molecule has 0 radical (unpaired) electrons. The monoisotopic (exact) mass is 376 g/mol. The molecule has 2 rings (SSSR count). The molecule has 6 nitrogen and oxygen atoms in total. The lowest BCUT2D eigenvalue weighted by atomic mass is 10.1. The van der Waals surface area contributed by atoms with Crippen molar-refractivity contribution in [2.45, 2.75) is 38.6 Å². The van der Waals surface area contributed by atoms with Crippen molar-refractivity contribution in [1.29, 1.82) is 5.26 Å². The van der Waals surface area contributed by atoms with Gasteiger partial charge in [0.25, 0.3) is 5.91 Å². The summed E-state index contributed by atoms with van der Waals surface area (Å²) in [4.78, 5) is 12.2. The molecule has 1 fully saturated rings. The first-order valence-electron chi connectivity index (χ1n) is 8.79. The number of amides is 1. The van der Waals surface area contributed by atoms with Gasteiger partial charge < -0.3 is 10.1 Å². The van der Waals surface area contributed by atoms with E-state index in [4.69, 9.17) is 4.74 Å². The van der Waals surface area contributed by atoms with Crippen LogP contribution in [0.2, 0.25) is 0 Å². The van der Waals surface area contributed by atoms with Gasteiger partial charge in [0.1, 0.15) is 17.4 Å². The van der Waals surface area contributed by atoms with Crippen LogP contribution in [-0.2, 0) is 14.6 Å². The largest absolute Gasteiger partial charge is 0.494 e. The summed E-state index contributed by atoms with van der Waals surface area (Å²) in [6.45, 7) is 2.80. The van der Waals surface area contributed by atoms with Crippen LogP contribution >= 0.6 is 0 Å². The van der Waals surface area contributed by atoms with Gasteiger partial charge in [0, 0.05) is 6.04 Å². The van der Waals surface area contributed by atoms with E-state index in [9.17, 15) is 18.5 Å². The van der Waals surface area contributed by atoms with E-state index in [-0.39, 0.29) is 17.1 Å². The van der Waals surface area contributed by atoms with Crippen LogP contribution in [0.15, 0.2) is 29.8 Å². The lowest BCUT2D eigenvalue weighted by molar-refractivity contribution is -0.117. The smallest absolute Gasteiger partial charge is 0.262 e. The van der Waals surface area contributed by atoms with Gasteiger partial charge in [-0.25, -0.2) is 8.42 Å². The molecule has 7 heteroatoms. The topological polar surface area (TPSA) is 96.3 Å². The summed E-state index contributed by atoms with van der Waals surface area (Å²) < 4.78 is 28.5. The molecule has 1 unspecified atom stereocenters. The number of nitrogens with zero attached hydrogens (tertiary/aromatic N) is 1. The molecule has 0 spiro atoms. The van der Waals surface area contributed by atoms with Crippen molar-refractivity contribution in [3.8, 4) is 11.8 Å². The molecule has 1 saturated heterocycles. The van der Waals surface area contributed by atoms with Gasteiger partial charge in [-0.15, -0.1) is 0 Å². The van der Waals surface area contributed by atoms with Gasteiger partial charge in [-0.05, 0) is 36.6 Å². The number of ether oxygens (including phenoxy) is 1. The molecule has 26 heavy (non-hydrogen) atoms. The average molecular weight is 376 g/mol. The van der Waals surface area contributed by atoms with E-state index in [2.05, 4.69) is 12.2 Å². The molecular formula is C19H24N2O4S. The zero-order chi connectivity index (χ0) is 19.0. The number of hydrogen-bond donors (Lipinski definition) is 1. The quantitative estimate of drug-likeness (QED) is 0.427. The zero-order valence-corrected chi connectivity index (χ0v) is 15.7. The van der Waals surface area contributed by atoms with Crippen molar-refractivity contribution < 1.29 is 17.9 Å². The van der Waals surface area contributed by atoms with Crippen LogP contribution in [-0.4, -0.2) is 38.5 Å². The van der Waals surface area contributed by atoms with E-state index in [0.717, 1.165) is 25.0 Å². The summed E-state index contributed by atoms with van der Waals surface area (Å²) in [5.41, 5.74) is 0.655. The molecule has 1 amide bonds. The number of benzene rings is 1. The second-order valence-electron chi connectivity index (χ2n) is 6.37. The fourth-order valence-electron chi connectivity index (χ4n) is 2.69. The molecule has 0 aliphatic carbocycles. The second kappa shape index (κ2) is 9.39. The first-order valence-corrected chi connectivity index (χ1v) is 10.6. The molecule has 1 atom stereocenters. The summed E-state index contributed by atoms with van der Waals surface area (Å²) in [6.07, 6.45) is 5.15. The predicted octanol–water partition coefficient (Wildman–Crippen LogP) is 2.47. The Morgan fingerprint density at radius 1 is 1.35 bits per heavy atom. The Balaban J connectivity index is 1.95. The summed E-state index contributed by atoms with van der Waals surface area (Å²) in [7, 11) is -3.08. The fourth-order valence-corrected chi connectivity index (χ4v) is 4.36. The Kier molecular flexibility index (Phi) is 7.22. The van der Waals surface area contributed by atoms with E-state index in [0.29, 0.717) is 18.6 Å². The second-order valence-corrected chi connectivity index (χ2v) is 8.60. The van der Waals surface area contributed by atoms with E-state index in [1.165, 1.54) is 6.08 Å². The molecule has 140 valence electrons. The van der Waals surface area contributed by atoms with Crippen LogP contribution in [0.3, 0.4) is 0 Å². The maximum atomic E-state index is 12.2. The number of carbonyl (C=O) groups is 1. The van der Waals surface area contributed by atoms with E-state index in [1.54, 1.807) is 24.3 Å². The molecule has 0 aromatic heterocycles. The van der Waals surface area contributed by atoms with Gasteiger partial charge in [-0.2, -0.15) is 5.26 Å². The minimum absolute atomic E-state index is 0.0501. The first-order chi connectivity index (χ1) is 12.4. The van der Waals surface area contributed by atoms with E-state index in [1.807, 2.05) is 6.07 Å². The lowest BCUT2D eigenvalue weighted by Crippen LogP contribution is -2.36. The molecule has 1 aliphatic rings. The van der Waals surface area contributed by atoms with Gasteiger partial charge >= 0.3 is 0 Å². The molecule has 0 saturated carbocycles. The summed E-state index contributed by atoms with van der Waals surface area (Å²) in [5, 5.41) is 11.9. The molecule has 1 aromatic rings. The highest BCUT2D eigenvalue weighted by atomic mass is 32.2. The van der Waals surface area contributed by atoms with Crippen LogP contribution in [0, 0.1) is 11.3 Å². The third kappa shape index (κ3) is 6.19. The molecular weight excluding hydrogens is 352 g/mol. The van der Waals surface area contributed by atoms with Gasteiger partial charge in [-0.3, -0.25) is 4.79 Å². The molecule has 0 bridgehead atoms. The highest BCUT2D eigenvalue weighted by molar-refractivity contribution is 7.91. The minimum atomic E-state index is -3.08. The summed E-state index contributed by atoms with van der Waals surface area (Å²) >= 11 is 0. The number of unbranched alkanes of at least 4 members (excludes halogenated alkanes) is 2. The van der Waals surface area contributed by atoms with Crippen molar-refractivity contribution in [2.75, 3.05) is 18.1 Å². The molecule has 1 N–H and O–H groups in total. The summed E-state index contributed by atoms with van der Waals surface area (Å²) in [5.74, 6) is 0.206. The van der Waals surface area contributed by atoms with Crippen LogP contribution in [0.4, 0.5) is 0 Å². The first kappa shape index (κ1) is 20.0.